The van der Waals surface area contributed by atoms with Crippen LogP contribution in [-0.2, 0) is 9.59 Å². The van der Waals surface area contributed by atoms with E-state index >= 15 is 0 Å². The van der Waals surface area contributed by atoms with Crippen LogP contribution in [0, 0.1) is 11.6 Å². The first-order valence-electron chi connectivity index (χ1n) is 6.69. The second-order valence-corrected chi connectivity index (χ2v) is 4.96. The van der Waals surface area contributed by atoms with Crippen LogP contribution in [0.25, 0.3) is 0 Å². The summed E-state index contributed by atoms with van der Waals surface area (Å²) < 4.78 is 26.1. The minimum Gasteiger partial charge on any atom is -0.373 e. The van der Waals surface area contributed by atoms with Gasteiger partial charge in [-0.05, 0) is 42.5 Å². The molecule has 0 saturated carbocycles. The van der Waals surface area contributed by atoms with Crippen LogP contribution in [0.4, 0.5) is 20.2 Å². The summed E-state index contributed by atoms with van der Waals surface area (Å²) in [7, 11) is 0. The number of amides is 2. The molecule has 1 aliphatic rings. The molecule has 2 amide bonds. The highest BCUT2D eigenvalue weighted by Crippen LogP contribution is 2.25. The van der Waals surface area contributed by atoms with E-state index in [1.54, 1.807) is 0 Å². The Morgan fingerprint density at radius 3 is 2.41 bits per heavy atom. The van der Waals surface area contributed by atoms with Crippen molar-refractivity contribution >= 4 is 23.2 Å². The number of rotatable bonds is 3. The Balaban J connectivity index is 1.81. The van der Waals surface area contributed by atoms with E-state index in [0.29, 0.717) is 5.69 Å². The number of carbonyl (C=O) groups excluding carboxylic acids is 2. The number of anilines is 2. The predicted octanol–water partition coefficient (Wildman–Crippen LogP) is 2.71. The van der Waals surface area contributed by atoms with Crippen molar-refractivity contribution < 1.29 is 18.4 Å². The van der Waals surface area contributed by atoms with E-state index in [1.807, 2.05) is 0 Å². The van der Waals surface area contributed by atoms with Crippen LogP contribution >= 0.6 is 0 Å². The summed E-state index contributed by atoms with van der Waals surface area (Å²) in [6.45, 7) is 0. The number of nitrogens with zero attached hydrogens (tertiary/aromatic N) is 1. The van der Waals surface area contributed by atoms with Gasteiger partial charge in [-0.1, -0.05) is 6.07 Å². The zero-order valence-corrected chi connectivity index (χ0v) is 11.4. The van der Waals surface area contributed by atoms with Gasteiger partial charge in [0, 0.05) is 5.69 Å². The van der Waals surface area contributed by atoms with E-state index in [9.17, 15) is 18.4 Å². The van der Waals surface area contributed by atoms with E-state index in [-0.39, 0.29) is 17.9 Å². The molecule has 1 aliphatic heterocycles. The Kier molecular flexibility index (Phi) is 3.58. The summed E-state index contributed by atoms with van der Waals surface area (Å²) in [5, 5.41) is 2.89. The molecule has 0 radical (unpaired) electrons. The topological polar surface area (TPSA) is 49.4 Å². The molecule has 1 atom stereocenters. The van der Waals surface area contributed by atoms with Gasteiger partial charge in [-0.15, -0.1) is 0 Å². The minimum absolute atomic E-state index is 0.0350. The van der Waals surface area contributed by atoms with Gasteiger partial charge in [0.2, 0.25) is 5.91 Å². The molecule has 2 aromatic carbocycles. The van der Waals surface area contributed by atoms with Crippen LogP contribution in [0.5, 0.6) is 0 Å². The molecule has 0 bridgehead atoms. The molecule has 0 aromatic heterocycles. The molecule has 0 spiro atoms. The lowest BCUT2D eigenvalue weighted by molar-refractivity contribution is -0.121. The predicted molar refractivity (Wildman–Crippen MR) is 77.3 cm³/mol. The van der Waals surface area contributed by atoms with Crippen LogP contribution in [-0.4, -0.2) is 17.9 Å². The third kappa shape index (κ3) is 2.67. The lowest BCUT2D eigenvalue weighted by Gasteiger charge is -2.16. The molecule has 2 aromatic rings. The van der Waals surface area contributed by atoms with Gasteiger partial charge in [0.25, 0.3) is 5.91 Å². The summed E-state index contributed by atoms with van der Waals surface area (Å²) in [4.78, 5) is 25.3. The molecule has 1 unspecified atom stereocenters. The van der Waals surface area contributed by atoms with Gasteiger partial charge >= 0.3 is 0 Å². The number of imide groups is 1. The van der Waals surface area contributed by atoms with Gasteiger partial charge < -0.3 is 5.32 Å². The summed E-state index contributed by atoms with van der Waals surface area (Å²) in [6.07, 6.45) is -0.0350. The van der Waals surface area contributed by atoms with E-state index in [4.69, 9.17) is 0 Å². The summed E-state index contributed by atoms with van der Waals surface area (Å²) in [5.74, 6) is -1.77. The number of hydrogen-bond acceptors (Lipinski definition) is 3. The monoisotopic (exact) mass is 302 g/mol. The smallest absolute Gasteiger partial charge is 0.256 e. The van der Waals surface area contributed by atoms with Crippen molar-refractivity contribution in [1.29, 1.82) is 0 Å². The van der Waals surface area contributed by atoms with Gasteiger partial charge in [0.05, 0.1) is 12.1 Å². The first kappa shape index (κ1) is 14.2. The maximum absolute atomic E-state index is 13.3. The highest BCUT2D eigenvalue weighted by atomic mass is 19.1. The van der Waals surface area contributed by atoms with Crippen LogP contribution < -0.4 is 10.2 Å². The largest absolute Gasteiger partial charge is 0.373 e. The molecule has 4 nitrogen and oxygen atoms in total. The molecule has 6 heteroatoms. The molecular formula is C16H12F2N2O2. The summed E-state index contributed by atoms with van der Waals surface area (Å²) >= 11 is 0. The summed E-state index contributed by atoms with van der Waals surface area (Å²) in [6, 6.07) is 10.0. The zero-order valence-electron chi connectivity index (χ0n) is 11.4. The maximum Gasteiger partial charge on any atom is 0.256 e. The highest BCUT2D eigenvalue weighted by Gasteiger charge is 2.39. The maximum atomic E-state index is 13.3. The second-order valence-electron chi connectivity index (χ2n) is 4.96. The Morgan fingerprint density at radius 2 is 1.73 bits per heavy atom. The van der Waals surface area contributed by atoms with Crippen molar-refractivity contribution in [3.63, 3.8) is 0 Å². The van der Waals surface area contributed by atoms with E-state index in [1.165, 1.54) is 42.5 Å². The molecule has 112 valence electrons. The zero-order chi connectivity index (χ0) is 15.7. The van der Waals surface area contributed by atoms with Crippen molar-refractivity contribution in [2.45, 2.75) is 12.5 Å². The van der Waals surface area contributed by atoms with E-state index in [2.05, 4.69) is 5.32 Å². The fraction of sp³-hybridized carbons (Fsp3) is 0.125. The number of benzene rings is 2. The highest BCUT2D eigenvalue weighted by molar-refractivity contribution is 6.23. The normalized spacial score (nSPS) is 17.9. The van der Waals surface area contributed by atoms with Crippen molar-refractivity contribution in [2.75, 3.05) is 10.2 Å². The van der Waals surface area contributed by atoms with Crippen molar-refractivity contribution in [1.82, 2.24) is 0 Å². The van der Waals surface area contributed by atoms with Gasteiger partial charge in [0.1, 0.15) is 17.7 Å². The van der Waals surface area contributed by atoms with Crippen molar-refractivity contribution in [3.8, 4) is 0 Å². The van der Waals surface area contributed by atoms with Gasteiger partial charge in [-0.3, -0.25) is 9.59 Å². The number of nitrogens with one attached hydrogen (secondary N) is 1. The van der Waals surface area contributed by atoms with Crippen LogP contribution in [0.1, 0.15) is 6.42 Å². The van der Waals surface area contributed by atoms with Crippen molar-refractivity contribution in [3.05, 3.63) is 60.2 Å². The lowest BCUT2D eigenvalue weighted by atomic mass is 10.2. The van der Waals surface area contributed by atoms with Gasteiger partial charge in [0.15, 0.2) is 0 Å². The fourth-order valence-corrected chi connectivity index (χ4v) is 2.38. The molecule has 3 rings (SSSR count). The molecule has 0 aliphatic carbocycles. The first-order chi connectivity index (χ1) is 10.5. The standard InChI is InChI=1S/C16H12F2N2O2/c17-10-4-6-12(7-5-10)19-14-9-15(21)20(16(14)22)13-3-1-2-11(18)8-13/h1-8,14,19H,9H2. The van der Waals surface area contributed by atoms with Gasteiger partial charge in [-0.2, -0.15) is 0 Å². The van der Waals surface area contributed by atoms with E-state index < -0.39 is 23.7 Å². The number of hydrogen-bond donors (Lipinski definition) is 1. The van der Waals surface area contributed by atoms with Crippen LogP contribution in [0.15, 0.2) is 48.5 Å². The third-order valence-electron chi connectivity index (χ3n) is 3.40. The molecular weight excluding hydrogens is 290 g/mol. The molecule has 1 heterocycles. The summed E-state index contributed by atoms with van der Waals surface area (Å²) in [5.41, 5.74) is 0.743. The average Bonchev–Trinajstić information content (AvgIpc) is 2.76. The number of halogens is 2. The Bertz CT molecular complexity index is 731. The minimum atomic E-state index is -0.749. The molecule has 1 saturated heterocycles. The quantitative estimate of drug-likeness (QED) is 0.887. The average molecular weight is 302 g/mol. The second kappa shape index (κ2) is 5.55. The Morgan fingerprint density at radius 1 is 1.00 bits per heavy atom. The van der Waals surface area contributed by atoms with Crippen LogP contribution in [0.3, 0.4) is 0 Å². The number of carbonyl (C=O) groups is 2. The third-order valence-corrected chi connectivity index (χ3v) is 3.40. The van der Waals surface area contributed by atoms with E-state index in [0.717, 1.165) is 11.0 Å². The lowest BCUT2D eigenvalue weighted by Crippen LogP contribution is -2.34. The molecule has 1 fully saturated rings. The Labute approximate surface area is 125 Å². The van der Waals surface area contributed by atoms with Crippen molar-refractivity contribution in [2.24, 2.45) is 0 Å². The molecule has 22 heavy (non-hydrogen) atoms. The van der Waals surface area contributed by atoms with Crippen LogP contribution in [0.2, 0.25) is 0 Å². The SMILES string of the molecule is O=C1CC(Nc2ccc(F)cc2)C(=O)N1c1cccc(F)c1. The first-order valence-corrected chi connectivity index (χ1v) is 6.69. The Hall–Kier alpha value is -2.76. The fourth-order valence-electron chi connectivity index (χ4n) is 2.38. The van der Waals surface area contributed by atoms with Gasteiger partial charge in [-0.25, -0.2) is 13.7 Å². The molecule has 1 N–H and O–H groups in total.